The van der Waals surface area contributed by atoms with E-state index in [-0.39, 0.29) is 23.9 Å². The second-order valence-electron chi connectivity index (χ2n) is 6.63. The Hall–Kier alpha value is -2.95. The summed E-state index contributed by atoms with van der Waals surface area (Å²) >= 11 is 0. The van der Waals surface area contributed by atoms with Crippen LogP contribution in [0.25, 0.3) is 11.0 Å². The topological polar surface area (TPSA) is 66.1 Å². The summed E-state index contributed by atoms with van der Waals surface area (Å²) in [6.45, 7) is 4.57. The molecule has 26 heavy (non-hydrogen) atoms. The third kappa shape index (κ3) is 4.17. The molecule has 1 heterocycles. The van der Waals surface area contributed by atoms with Crippen molar-refractivity contribution in [2.24, 2.45) is 0 Å². The second-order valence-corrected chi connectivity index (χ2v) is 6.63. The smallest absolute Gasteiger partial charge is 0.270 e. The number of nitrogens with one attached hydrogen (secondary N) is 1. The van der Waals surface area contributed by atoms with Crippen molar-refractivity contribution in [1.29, 1.82) is 0 Å². The van der Waals surface area contributed by atoms with Gasteiger partial charge in [0.1, 0.15) is 5.69 Å². The molecule has 0 spiro atoms. The quantitative estimate of drug-likeness (QED) is 0.742. The molecule has 1 amide bonds. The Morgan fingerprint density at radius 3 is 2.50 bits per heavy atom. The summed E-state index contributed by atoms with van der Waals surface area (Å²) in [5.41, 5.74) is 2.72. The van der Waals surface area contributed by atoms with Crippen LogP contribution >= 0.6 is 0 Å². The number of fused-ring (bicyclic) bond motifs is 1. The maximum atomic E-state index is 12.7. The SMILES string of the molecule is CC(C)N(Cc1ccccc1)C(=O)CCc1nc2ccccc2[nH]c1=O. The minimum Gasteiger partial charge on any atom is -0.336 e. The Kier molecular flexibility index (Phi) is 5.46. The molecule has 5 nitrogen and oxygen atoms in total. The summed E-state index contributed by atoms with van der Waals surface area (Å²) in [4.78, 5) is 34.0. The lowest BCUT2D eigenvalue weighted by Gasteiger charge is -2.27. The van der Waals surface area contributed by atoms with Gasteiger partial charge in [0, 0.05) is 25.4 Å². The van der Waals surface area contributed by atoms with Crippen molar-refractivity contribution in [3.8, 4) is 0 Å². The molecule has 0 aliphatic carbocycles. The number of aromatic amines is 1. The predicted molar refractivity (Wildman–Crippen MR) is 103 cm³/mol. The molecule has 0 aliphatic rings. The zero-order valence-electron chi connectivity index (χ0n) is 15.1. The Bertz CT molecular complexity index is 948. The first-order valence-electron chi connectivity index (χ1n) is 8.86. The van der Waals surface area contributed by atoms with Gasteiger partial charge in [-0.25, -0.2) is 4.98 Å². The highest BCUT2D eigenvalue weighted by atomic mass is 16.2. The molecule has 0 unspecified atom stereocenters. The van der Waals surface area contributed by atoms with Crippen LogP contribution in [0.5, 0.6) is 0 Å². The molecule has 0 saturated carbocycles. The third-order valence-electron chi connectivity index (χ3n) is 4.38. The summed E-state index contributed by atoms with van der Waals surface area (Å²) in [6.07, 6.45) is 0.594. The molecule has 1 N–H and O–H groups in total. The Labute approximate surface area is 152 Å². The summed E-state index contributed by atoms with van der Waals surface area (Å²) in [6, 6.07) is 17.4. The number of nitrogens with zero attached hydrogens (tertiary/aromatic N) is 2. The van der Waals surface area contributed by atoms with Crippen LogP contribution in [0.3, 0.4) is 0 Å². The molecular formula is C21H23N3O2. The predicted octanol–water partition coefficient (Wildman–Crippen LogP) is 3.29. The molecule has 134 valence electrons. The standard InChI is InChI=1S/C21H23N3O2/c1-15(2)24(14-16-8-4-3-5-9-16)20(25)13-12-19-21(26)23-18-11-7-6-10-17(18)22-19/h3-11,15H,12-14H2,1-2H3,(H,23,26). The van der Waals surface area contributed by atoms with Crippen molar-refractivity contribution in [2.45, 2.75) is 39.3 Å². The molecule has 0 atom stereocenters. The lowest BCUT2D eigenvalue weighted by molar-refractivity contribution is -0.133. The van der Waals surface area contributed by atoms with Gasteiger partial charge in [0.05, 0.1) is 11.0 Å². The molecule has 0 fully saturated rings. The molecule has 2 aromatic carbocycles. The number of hydrogen-bond acceptors (Lipinski definition) is 3. The number of carbonyl (C=O) groups excluding carboxylic acids is 1. The van der Waals surface area contributed by atoms with Crippen LogP contribution in [0.4, 0.5) is 0 Å². The highest BCUT2D eigenvalue weighted by molar-refractivity contribution is 5.77. The van der Waals surface area contributed by atoms with Gasteiger partial charge in [-0.05, 0) is 31.5 Å². The van der Waals surface area contributed by atoms with E-state index in [1.807, 2.05) is 73.3 Å². The van der Waals surface area contributed by atoms with Crippen LogP contribution in [0, 0.1) is 0 Å². The number of amides is 1. The van der Waals surface area contributed by atoms with E-state index in [1.165, 1.54) is 0 Å². The first-order valence-corrected chi connectivity index (χ1v) is 8.86. The number of hydrogen-bond donors (Lipinski definition) is 1. The van der Waals surface area contributed by atoms with Crippen LogP contribution in [0.15, 0.2) is 59.4 Å². The number of rotatable bonds is 6. The van der Waals surface area contributed by atoms with Crippen molar-refractivity contribution in [2.75, 3.05) is 0 Å². The number of carbonyl (C=O) groups is 1. The Balaban J connectivity index is 1.72. The zero-order valence-corrected chi connectivity index (χ0v) is 15.1. The van der Waals surface area contributed by atoms with E-state index >= 15 is 0 Å². The molecule has 3 rings (SSSR count). The third-order valence-corrected chi connectivity index (χ3v) is 4.38. The van der Waals surface area contributed by atoms with Crippen LogP contribution in [0.1, 0.15) is 31.5 Å². The van der Waals surface area contributed by atoms with Gasteiger partial charge in [0.15, 0.2) is 0 Å². The molecule has 3 aromatic rings. The van der Waals surface area contributed by atoms with Crippen LogP contribution < -0.4 is 5.56 Å². The number of para-hydroxylation sites is 2. The van der Waals surface area contributed by atoms with E-state index in [0.717, 1.165) is 11.1 Å². The summed E-state index contributed by atoms with van der Waals surface area (Å²) in [5.74, 6) is 0.0261. The van der Waals surface area contributed by atoms with Gasteiger partial charge in [0.2, 0.25) is 5.91 Å². The molecule has 1 aromatic heterocycles. The van der Waals surface area contributed by atoms with Crippen molar-refractivity contribution in [3.05, 3.63) is 76.2 Å². The minimum absolute atomic E-state index is 0.0261. The van der Waals surface area contributed by atoms with Crippen LogP contribution in [-0.4, -0.2) is 26.8 Å². The summed E-state index contributed by atoms with van der Waals surface area (Å²) in [5, 5.41) is 0. The molecule has 0 bridgehead atoms. The van der Waals surface area contributed by atoms with Gasteiger partial charge in [-0.1, -0.05) is 42.5 Å². The average molecular weight is 349 g/mol. The van der Waals surface area contributed by atoms with Gasteiger partial charge in [-0.2, -0.15) is 0 Å². The summed E-state index contributed by atoms with van der Waals surface area (Å²) < 4.78 is 0. The van der Waals surface area contributed by atoms with E-state index in [0.29, 0.717) is 24.2 Å². The van der Waals surface area contributed by atoms with Gasteiger partial charge >= 0.3 is 0 Å². The molecule has 0 saturated heterocycles. The first-order chi connectivity index (χ1) is 12.5. The monoisotopic (exact) mass is 349 g/mol. The highest BCUT2D eigenvalue weighted by Gasteiger charge is 2.18. The largest absolute Gasteiger partial charge is 0.336 e. The van der Waals surface area contributed by atoms with Crippen molar-refractivity contribution in [1.82, 2.24) is 14.9 Å². The fourth-order valence-electron chi connectivity index (χ4n) is 2.94. The Morgan fingerprint density at radius 1 is 1.08 bits per heavy atom. The highest BCUT2D eigenvalue weighted by Crippen LogP contribution is 2.12. The number of aromatic nitrogens is 2. The summed E-state index contributed by atoms with van der Waals surface area (Å²) in [7, 11) is 0. The fraction of sp³-hybridized carbons (Fsp3) is 0.286. The van der Waals surface area contributed by atoms with E-state index in [9.17, 15) is 9.59 Å². The van der Waals surface area contributed by atoms with E-state index < -0.39 is 0 Å². The molecule has 5 heteroatoms. The average Bonchev–Trinajstić information content (AvgIpc) is 2.64. The lowest BCUT2D eigenvalue weighted by Crippen LogP contribution is -2.36. The number of aryl methyl sites for hydroxylation is 1. The number of benzene rings is 2. The van der Waals surface area contributed by atoms with E-state index in [1.54, 1.807) is 0 Å². The Morgan fingerprint density at radius 2 is 1.77 bits per heavy atom. The zero-order chi connectivity index (χ0) is 18.5. The molecule has 0 radical (unpaired) electrons. The van der Waals surface area contributed by atoms with Crippen LogP contribution in [-0.2, 0) is 17.8 Å². The van der Waals surface area contributed by atoms with Crippen molar-refractivity contribution in [3.63, 3.8) is 0 Å². The maximum absolute atomic E-state index is 12.7. The minimum atomic E-state index is -0.226. The normalized spacial score (nSPS) is 11.0. The van der Waals surface area contributed by atoms with Gasteiger partial charge in [-0.3, -0.25) is 9.59 Å². The molecular weight excluding hydrogens is 326 g/mol. The fourth-order valence-corrected chi connectivity index (χ4v) is 2.94. The van der Waals surface area contributed by atoms with Gasteiger partial charge in [0.25, 0.3) is 5.56 Å². The van der Waals surface area contributed by atoms with Gasteiger partial charge in [-0.15, -0.1) is 0 Å². The van der Waals surface area contributed by atoms with E-state index in [2.05, 4.69) is 9.97 Å². The maximum Gasteiger partial charge on any atom is 0.270 e. The van der Waals surface area contributed by atoms with Crippen LogP contribution in [0.2, 0.25) is 0 Å². The lowest BCUT2D eigenvalue weighted by atomic mass is 10.1. The van der Waals surface area contributed by atoms with Crippen molar-refractivity contribution >= 4 is 16.9 Å². The first kappa shape index (κ1) is 17.9. The van der Waals surface area contributed by atoms with E-state index in [4.69, 9.17) is 0 Å². The van der Waals surface area contributed by atoms with Gasteiger partial charge < -0.3 is 9.88 Å². The van der Waals surface area contributed by atoms with Crippen molar-refractivity contribution < 1.29 is 4.79 Å². The second kappa shape index (κ2) is 7.95. The number of H-pyrrole nitrogens is 1. The molecule has 0 aliphatic heterocycles.